The molecule has 4 rings (SSSR count). The molecule has 1 aliphatic carbocycles. The first-order chi connectivity index (χ1) is 17.4. The zero-order valence-electron chi connectivity index (χ0n) is 21.3. The number of sulfone groups is 1. The number of carbonyl (C=O) groups excluding carboxylic acids is 1. The van der Waals surface area contributed by atoms with Crippen molar-refractivity contribution < 1.29 is 26.4 Å². The van der Waals surface area contributed by atoms with Gasteiger partial charge in [-0.1, -0.05) is 32.9 Å². The fourth-order valence-electron chi connectivity index (χ4n) is 5.47. The molecule has 1 atom stereocenters. The van der Waals surface area contributed by atoms with Crippen molar-refractivity contribution in [2.45, 2.75) is 76.5 Å². The van der Waals surface area contributed by atoms with Crippen LogP contribution in [0.5, 0.6) is 0 Å². The SMILES string of the molecule is CCS(=O)(=O)c1ccc(CC(=O)Nc2nc3c(s2)CN(C[C@H]2CC[C@@H](C(F)(F)F)CC2)[C@H]3C(C)C)cc1. The smallest absolute Gasteiger partial charge is 0.302 e. The van der Waals surface area contributed by atoms with Crippen LogP contribution in [0.2, 0.25) is 0 Å². The van der Waals surface area contributed by atoms with E-state index in [1.807, 2.05) is 0 Å². The highest BCUT2D eigenvalue weighted by atomic mass is 32.2. The summed E-state index contributed by atoms with van der Waals surface area (Å²) in [7, 11) is -3.28. The fraction of sp³-hybridized carbons (Fsp3) is 0.615. The molecule has 2 aromatic rings. The molecule has 2 heterocycles. The van der Waals surface area contributed by atoms with Crippen molar-refractivity contribution >= 4 is 32.2 Å². The maximum Gasteiger partial charge on any atom is 0.391 e. The maximum absolute atomic E-state index is 13.0. The second kappa shape index (κ2) is 11.0. The highest BCUT2D eigenvalue weighted by Crippen LogP contribution is 2.45. The number of carbonyl (C=O) groups is 1. The molecule has 6 nitrogen and oxygen atoms in total. The van der Waals surface area contributed by atoms with E-state index in [1.165, 1.54) is 23.5 Å². The molecule has 1 saturated carbocycles. The largest absolute Gasteiger partial charge is 0.391 e. The molecule has 1 amide bonds. The summed E-state index contributed by atoms with van der Waals surface area (Å²) in [6.07, 6.45) is -2.37. The minimum absolute atomic E-state index is 0.0233. The summed E-state index contributed by atoms with van der Waals surface area (Å²) in [5.41, 5.74) is 1.66. The van der Waals surface area contributed by atoms with Gasteiger partial charge in [0.05, 0.1) is 34.7 Å². The van der Waals surface area contributed by atoms with Gasteiger partial charge in [0.25, 0.3) is 0 Å². The summed E-state index contributed by atoms with van der Waals surface area (Å²) in [6.45, 7) is 7.29. The molecule has 1 aliphatic heterocycles. The van der Waals surface area contributed by atoms with Gasteiger partial charge in [0.15, 0.2) is 15.0 Å². The number of halogens is 3. The Balaban J connectivity index is 1.35. The second-order valence-electron chi connectivity index (χ2n) is 10.5. The molecule has 37 heavy (non-hydrogen) atoms. The molecule has 204 valence electrons. The molecule has 11 heteroatoms. The van der Waals surface area contributed by atoms with Gasteiger partial charge >= 0.3 is 6.18 Å². The number of aromatic nitrogens is 1. The Hall–Kier alpha value is -1.98. The Morgan fingerprint density at radius 3 is 2.38 bits per heavy atom. The van der Waals surface area contributed by atoms with Crippen molar-refractivity contribution in [1.82, 2.24) is 9.88 Å². The number of nitrogens with zero attached hydrogens (tertiary/aromatic N) is 2. The maximum atomic E-state index is 13.0. The van der Waals surface area contributed by atoms with E-state index in [2.05, 4.69) is 24.1 Å². The number of anilines is 1. The molecule has 0 bridgehead atoms. The summed E-state index contributed by atoms with van der Waals surface area (Å²) < 4.78 is 63.0. The zero-order valence-corrected chi connectivity index (χ0v) is 23.0. The lowest BCUT2D eigenvalue weighted by Crippen LogP contribution is -2.35. The Labute approximate surface area is 220 Å². The number of fused-ring (bicyclic) bond motifs is 1. The van der Waals surface area contributed by atoms with Gasteiger partial charge in [-0.15, -0.1) is 11.3 Å². The lowest BCUT2D eigenvalue weighted by molar-refractivity contribution is -0.184. The molecule has 1 aromatic heterocycles. The van der Waals surface area contributed by atoms with E-state index in [0.29, 0.717) is 30.1 Å². The molecular formula is C26H34F3N3O3S2. The molecule has 1 fully saturated rings. The van der Waals surface area contributed by atoms with Gasteiger partial charge in [0.1, 0.15) is 0 Å². The monoisotopic (exact) mass is 557 g/mol. The predicted molar refractivity (Wildman–Crippen MR) is 138 cm³/mol. The van der Waals surface area contributed by atoms with Gasteiger partial charge in [-0.05, 0) is 55.2 Å². The van der Waals surface area contributed by atoms with E-state index < -0.39 is 21.9 Å². The van der Waals surface area contributed by atoms with Gasteiger partial charge in [-0.25, -0.2) is 13.4 Å². The quantitative estimate of drug-likeness (QED) is 0.431. The number of benzene rings is 1. The van der Waals surface area contributed by atoms with E-state index in [-0.39, 0.29) is 53.7 Å². The number of hydrogen-bond donors (Lipinski definition) is 1. The van der Waals surface area contributed by atoms with Crippen LogP contribution in [-0.2, 0) is 27.6 Å². The summed E-state index contributed by atoms with van der Waals surface area (Å²) in [5, 5.41) is 3.41. The van der Waals surface area contributed by atoms with Gasteiger partial charge in [0, 0.05) is 18.0 Å². The van der Waals surface area contributed by atoms with Crippen molar-refractivity contribution in [1.29, 1.82) is 0 Å². The predicted octanol–water partition coefficient (Wildman–Crippen LogP) is 6.00. The van der Waals surface area contributed by atoms with E-state index in [9.17, 15) is 26.4 Å². The average Bonchev–Trinajstić information content (AvgIpc) is 3.35. The standard InChI is InChI=1S/C26H34F3N3O3S2/c1-4-37(34,35)20-11-7-17(8-12-20)13-22(33)30-25-31-23-21(36-25)15-32(24(23)16(2)3)14-18-5-9-19(10-6-18)26(27,28)29/h7-8,11-12,16,18-19,24H,4-6,9-10,13-15H2,1-3H3,(H,30,31,33)/t18-,19+,24-/m0/s1. The second-order valence-corrected chi connectivity index (χ2v) is 13.8. The third-order valence-electron chi connectivity index (χ3n) is 7.46. The molecule has 0 spiro atoms. The third-order valence-corrected chi connectivity index (χ3v) is 10.2. The topological polar surface area (TPSA) is 79.4 Å². The minimum Gasteiger partial charge on any atom is -0.302 e. The Kier molecular flexibility index (Phi) is 8.35. The number of alkyl halides is 3. The highest BCUT2D eigenvalue weighted by Gasteiger charge is 2.43. The molecule has 1 N–H and O–H groups in total. The van der Waals surface area contributed by atoms with Gasteiger partial charge in [-0.2, -0.15) is 13.2 Å². The van der Waals surface area contributed by atoms with Crippen LogP contribution in [0.15, 0.2) is 29.2 Å². The van der Waals surface area contributed by atoms with Gasteiger partial charge < -0.3 is 5.32 Å². The number of thiazole rings is 1. The summed E-state index contributed by atoms with van der Waals surface area (Å²) >= 11 is 1.45. The number of amides is 1. The summed E-state index contributed by atoms with van der Waals surface area (Å²) in [6, 6.07) is 6.43. The van der Waals surface area contributed by atoms with Crippen LogP contribution in [-0.4, -0.2) is 42.7 Å². The van der Waals surface area contributed by atoms with Gasteiger partial charge in [0.2, 0.25) is 5.91 Å². The van der Waals surface area contributed by atoms with Crippen molar-refractivity contribution in [2.75, 3.05) is 17.6 Å². The van der Waals surface area contributed by atoms with E-state index >= 15 is 0 Å². The van der Waals surface area contributed by atoms with E-state index in [1.54, 1.807) is 19.1 Å². The lowest BCUT2D eigenvalue weighted by atomic mass is 9.81. The minimum atomic E-state index is -4.09. The first-order valence-electron chi connectivity index (χ1n) is 12.8. The molecule has 0 saturated heterocycles. The Morgan fingerprint density at radius 2 is 1.81 bits per heavy atom. The van der Waals surface area contributed by atoms with Crippen LogP contribution in [0.4, 0.5) is 18.3 Å². The van der Waals surface area contributed by atoms with Crippen LogP contribution in [0.3, 0.4) is 0 Å². The van der Waals surface area contributed by atoms with Gasteiger partial charge in [-0.3, -0.25) is 9.69 Å². The number of hydrogen-bond acceptors (Lipinski definition) is 6. The van der Waals surface area contributed by atoms with E-state index in [4.69, 9.17) is 4.98 Å². The Bertz CT molecular complexity index is 1200. The van der Waals surface area contributed by atoms with Crippen molar-refractivity contribution in [3.8, 4) is 0 Å². The number of nitrogens with one attached hydrogen (secondary N) is 1. The lowest BCUT2D eigenvalue weighted by Gasteiger charge is -2.35. The first kappa shape index (κ1) is 28.0. The molecule has 1 aromatic carbocycles. The van der Waals surface area contributed by atoms with Crippen LogP contribution in [0.25, 0.3) is 0 Å². The Morgan fingerprint density at radius 1 is 1.16 bits per heavy atom. The van der Waals surface area contributed by atoms with Crippen molar-refractivity contribution in [3.63, 3.8) is 0 Å². The van der Waals surface area contributed by atoms with Crippen LogP contribution < -0.4 is 5.32 Å². The van der Waals surface area contributed by atoms with Crippen molar-refractivity contribution in [2.24, 2.45) is 17.8 Å². The first-order valence-corrected chi connectivity index (χ1v) is 15.3. The highest BCUT2D eigenvalue weighted by molar-refractivity contribution is 7.91. The fourth-order valence-corrected chi connectivity index (χ4v) is 7.39. The van der Waals surface area contributed by atoms with Crippen LogP contribution in [0.1, 0.15) is 68.6 Å². The number of rotatable bonds is 8. The zero-order chi connectivity index (χ0) is 27.0. The molecule has 0 radical (unpaired) electrons. The normalized spacial score (nSPS) is 22.8. The molecule has 0 unspecified atom stereocenters. The van der Waals surface area contributed by atoms with Crippen LogP contribution in [0, 0.1) is 17.8 Å². The third kappa shape index (κ3) is 6.54. The summed E-state index contributed by atoms with van der Waals surface area (Å²) in [4.78, 5) is 21.0. The van der Waals surface area contributed by atoms with Crippen molar-refractivity contribution in [3.05, 3.63) is 40.4 Å². The van der Waals surface area contributed by atoms with Crippen LogP contribution >= 0.6 is 11.3 Å². The summed E-state index contributed by atoms with van der Waals surface area (Å²) in [5.74, 6) is -0.837. The molecular weight excluding hydrogens is 523 g/mol. The molecule has 2 aliphatic rings. The van der Waals surface area contributed by atoms with E-state index in [0.717, 1.165) is 17.1 Å². The average molecular weight is 558 g/mol.